The molecular weight excluding hydrogens is 488 g/mol. The predicted octanol–water partition coefficient (Wildman–Crippen LogP) is 4.79. The fourth-order valence-corrected chi connectivity index (χ4v) is 4.38. The smallest absolute Gasteiger partial charge is 0.285 e. The molecule has 0 spiro atoms. The molecular formula is C21H19BrN2O4S2. The minimum atomic E-state index is -0.409. The number of benzene rings is 2. The molecule has 0 radical (unpaired) electrons. The summed E-state index contributed by atoms with van der Waals surface area (Å²) in [5.74, 6) is 0.323. The SMILES string of the molecule is COc1cc(/C=C2\SC(=S)N(NC(=O)c3ccccc3)C2=O)cc(Br)c1OC(C)C. The fourth-order valence-electron chi connectivity index (χ4n) is 2.64. The molecule has 2 aromatic carbocycles. The van der Waals surface area contributed by atoms with Crippen molar-refractivity contribution in [2.45, 2.75) is 20.0 Å². The molecule has 1 N–H and O–H groups in total. The van der Waals surface area contributed by atoms with E-state index in [0.717, 1.165) is 22.3 Å². The first-order valence-electron chi connectivity index (χ1n) is 8.98. The zero-order valence-electron chi connectivity index (χ0n) is 16.5. The topological polar surface area (TPSA) is 67.9 Å². The minimum Gasteiger partial charge on any atom is -0.493 e. The normalized spacial score (nSPS) is 15.1. The highest BCUT2D eigenvalue weighted by atomic mass is 79.9. The van der Waals surface area contributed by atoms with Gasteiger partial charge in [0, 0.05) is 5.56 Å². The summed E-state index contributed by atoms with van der Waals surface area (Å²) in [5.41, 5.74) is 3.72. The van der Waals surface area contributed by atoms with Crippen molar-refractivity contribution in [2.75, 3.05) is 7.11 Å². The molecule has 2 aromatic rings. The van der Waals surface area contributed by atoms with Crippen LogP contribution in [0.15, 0.2) is 51.8 Å². The molecule has 2 amide bonds. The summed E-state index contributed by atoms with van der Waals surface area (Å²) >= 11 is 9.89. The average molecular weight is 507 g/mol. The Kier molecular flexibility index (Phi) is 7.17. The standard InChI is InChI=1S/C21H19BrN2O4S2/c1-12(2)28-18-15(22)9-13(10-16(18)27-3)11-17-20(26)24(21(29)30-17)23-19(25)14-7-5-4-6-8-14/h4-12H,1-3H3,(H,23,25)/b17-11-. The van der Waals surface area contributed by atoms with Crippen LogP contribution in [0.2, 0.25) is 0 Å². The van der Waals surface area contributed by atoms with E-state index in [4.69, 9.17) is 21.7 Å². The van der Waals surface area contributed by atoms with Crippen LogP contribution in [0.3, 0.4) is 0 Å². The number of nitrogens with zero attached hydrogens (tertiary/aromatic N) is 1. The van der Waals surface area contributed by atoms with E-state index in [2.05, 4.69) is 21.4 Å². The van der Waals surface area contributed by atoms with Crippen LogP contribution in [0, 0.1) is 0 Å². The van der Waals surface area contributed by atoms with Crippen LogP contribution >= 0.6 is 39.9 Å². The van der Waals surface area contributed by atoms with Crippen molar-refractivity contribution in [3.05, 3.63) is 63.0 Å². The first-order chi connectivity index (χ1) is 14.3. The van der Waals surface area contributed by atoms with Gasteiger partial charge in [0.2, 0.25) is 0 Å². The monoisotopic (exact) mass is 506 g/mol. The van der Waals surface area contributed by atoms with Crippen molar-refractivity contribution in [3.8, 4) is 11.5 Å². The van der Waals surface area contributed by atoms with E-state index in [0.29, 0.717) is 26.4 Å². The maximum Gasteiger partial charge on any atom is 0.285 e. The van der Waals surface area contributed by atoms with Crippen LogP contribution in [0.1, 0.15) is 29.8 Å². The van der Waals surface area contributed by atoms with Crippen molar-refractivity contribution >= 4 is 62.1 Å². The maximum atomic E-state index is 12.8. The number of rotatable bonds is 6. The highest BCUT2D eigenvalue weighted by Crippen LogP contribution is 2.39. The fraction of sp³-hybridized carbons (Fsp3) is 0.190. The molecule has 0 aromatic heterocycles. The minimum absolute atomic E-state index is 0.0227. The maximum absolute atomic E-state index is 12.8. The lowest BCUT2D eigenvalue weighted by molar-refractivity contribution is -0.123. The third kappa shape index (κ3) is 5.03. The van der Waals surface area contributed by atoms with E-state index < -0.39 is 11.8 Å². The number of halogens is 1. The molecule has 0 bridgehead atoms. The second-order valence-electron chi connectivity index (χ2n) is 6.52. The summed E-state index contributed by atoms with van der Waals surface area (Å²) in [7, 11) is 1.55. The Morgan fingerprint density at radius 1 is 1.27 bits per heavy atom. The third-order valence-electron chi connectivity index (χ3n) is 3.95. The van der Waals surface area contributed by atoms with Gasteiger partial charge in [0.1, 0.15) is 0 Å². The van der Waals surface area contributed by atoms with Crippen LogP contribution in [0.5, 0.6) is 11.5 Å². The van der Waals surface area contributed by atoms with Gasteiger partial charge in [-0.2, -0.15) is 5.01 Å². The van der Waals surface area contributed by atoms with E-state index in [-0.39, 0.29) is 10.4 Å². The predicted molar refractivity (Wildman–Crippen MR) is 125 cm³/mol. The Morgan fingerprint density at radius 3 is 2.60 bits per heavy atom. The van der Waals surface area contributed by atoms with Crippen molar-refractivity contribution < 1.29 is 19.1 Å². The first-order valence-corrected chi connectivity index (χ1v) is 11.0. The molecule has 6 nitrogen and oxygen atoms in total. The number of ether oxygens (including phenoxy) is 2. The Morgan fingerprint density at radius 2 is 1.97 bits per heavy atom. The number of hydrazine groups is 1. The van der Waals surface area contributed by atoms with Gasteiger partial charge < -0.3 is 9.47 Å². The van der Waals surface area contributed by atoms with E-state index in [9.17, 15) is 9.59 Å². The lowest BCUT2D eigenvalue weighted by Crippen LogP contribution is -2.44. The average Bonchev–Trinajstić information content (AvgIpc) is 2.97. The Labute approximate surface area is 192 Å². The molecule has 0 unspecified atom stereocenters. The summed E-state index contributed by atoms with van der Waals surface area (Å²) in [4.78, 5) is 25.6. The Bertz CT molecular complexity index is 1030. The molecule has 1 aliphatic rings. The van der Waals surface area contributed by atoms with Crippen LogP contribution in [-0.2, 0) is 4.79 Å². The molecule has 1 heterocycles. The van der Waals surface area contributed by atoms with E-state index in [1.54, 1.807) is 43.5 Å². The van der Waals surface area contributed by atoms with E-state index >= 15 is 0 Å². The molecule has 0 saturated carbocycles. The number of carbonyl (C=O) groups excluding carboxylic acids is 2. The molecule has 156 valence electrons. The largest absolute Gasteiger partial charge is 0.493 e. The highest BCUT2D eigenvalue weighted by molar-refractivity contribution is 9.10. The van der Waals surface area contributed by atoms with Crippen molar-refractivity contribution in [2.24, 2.45) is 0 Å². The number of thioether (sulfide) groups is 1. The van der Waals surface area contributed by atoms with Crippen LogP contribution in [0.4, 0.5) is 0 Å². The summed E-state index contributed by atoms with van der Waals surface area (Å²) in [6.07, 6.45) is 1.67. The number of methoxy groups -OCH3 is 1. The van der Waals surface area contributed by atoms with E-state index in [1.807, 2.05) is 26.0 Å². The first kappa shape index (κ1) is 22.3. The molecule has 30 heavy (non-hydrogen) atoms. The van der Waals surface area contributed by atoms with Gasteiger partial charge in [-0.25, -0.2) is 0 Å². The second kappa shape index (κ2) is 9.63. The second-order valence-corrected chi connectivity index (χ2v) is 9.05. The van der Waals surface area contributed by atoms with Crippen LogP contribution in [0.25, 0.3) is 6.08 Å². The molecule has 3 rings (SSSR count). The van der Waals surface area contributed by atoms with Crippen LogP contribution < -0.4 is 14.9 Å². The van der Waals surface area contributed by atoms with Crippen LogP contribution in [-0.4, -0.2) is 34.4 Å². The number of hydrogen-bond donors (Lipinski definition) is 1. The third-order valence-corrected chi connectivity index (χ3v) is 5.84. The molecule has 0 atom stereocenters. The van der Waals surface area contributed by atoms with Gasteiger partial charge in [0.15, 0.2) is 15.8 Å². The molecule has 1 saturated heterocycles. The number of carbonyl (C=O) groups is 2. The quantitative estimate of drug-likeness (QED) is 0.448. The van der Waals surface area contributed by atoms with Gasteiger partial charge >= 0.3 is 0 Å². The summed E-state index contributed by atoms with van der Waals surface area (Å²) in [6, 6.07) is 12.2. The number of nitrogens with one attached hydrogen (secondary N) is 1. The van der Waals surface area contributed by atoms with Gasteiger partial charge in [-0.15, -0.1) is 0 Å². The lowest BCUT2D eigenvalue weighted by Gasteiger charge is -2.16. The Balaban J connectivity index is 1.83. The van der Waals surface area contributed by atoms with Crippen molar-refractivity contribution in [1.82, 2.24) is 10.4 Å². The molecule has 1 fully saturated rings. The lowest BCUT2D eigenvalue weighted by atomic mass is 10.2. The van der Waals surface area contributed by atoms with Gasteiger partial charge in [0.25, 0.3) is 11.8 Å². The van der Waals surface area contributed by atoms with Gasteiger partial charge in [-0.3, -0.25) is 15.0 Å². The summed E-state index contributed by atoms with van der Waals surface area (Å²) in [6.45, 7) is 3.85. The zero-order chi connectivity index (χ0) is 21.8. The van der Waals surface area contributed by atoms with Gasteiger partial charge in [-0.05, 0) is 77.9 Å². The van der Waals surface area contributed by atoms with Gasteiger partial charge in [-0.1, -0.05) is 30.0 Å². The molecule has 9 heteroatoms. The summed E-state index contributed by atoms with van der Waals surface area (Å²) < 4.78 is 12.2. The van der Waals surface area contributed by atoms with E-state index in [1.165, 1.54) is 0 Å². The zero-order valence-corrected chi connectivity index (χ0v) is 19.7. The van der Waals surface area contributed by atoms with Gasteiger partial charge in [0.05, 0.1) is 22.6 Å². The number of hydrogen-bond acceptors (Lipinski definition) is 6. The van der Waals surface area contributed by atoms with Crippen molar-refractivity contribution in [3.63, 3.8) is 0 Å². The Hall–Kier alpha value is -2.36. The highest BCUT2D eigenvalue weighted by Gasteiger charge is 2.34. The number of amides is 2. The molecule has 0 aliphatic carbocycles. The number of thiocarbonyl (C=S) groups is 1. The summed E-state index contributed by atoms with van der Waals surface area (Å²) in [5, 5.41) is 1.09. The molecule has 1 aliphatic heterocycles. The van der Waals surface area contributed by atoms with Crippen molar-refractivity contribution in [1.29, 1.82) is 0 Å².